The van der Waals surface area contributed by atoms with Crippen molar-refractivity contribution in [1.29, 1.82) is 0 Å². The first-order valence-corrected chi connectivity index (χ1v) is 12.3. The predicted octanol–water partition coefficient (Wildman–Crippen LogP) is 3.60. The molecule has 2 aromatic carbocycles. The van der Waals surface area contributed by atoms with Gasteiger partial charge >= 0.3 is 0 Å². The van der Waals surface area contributed by atoms with E-state index in [1.807, 2.05) is 45.0 Å². The van der Waals surface area contributed by atoms with Crippen LogP contribution in [0.5, 0.6) is 0 Å². The fourth-order valence-corrected chi connectivity index (χ4v) is 5.45. The molecule has 1 N–H and O–H groups in total. The van der Waals surface area contributed by atoms with Crippen molar-refractivity contribution >= 4 is 15.9 Å². The summed E-state index contributed by atoms with van der Waals surface area (Å²) in [6, 6.07) is 14.1. The summed E-state index contributed by atoms with van der Waals surface area (Å²) < 4.78 is 33.9. The highest BCUT2D eigenvalue weighted by Crippen LogP contribution is 2.36. The summed E-state index contributed by atoms with van der Waals surface area (Å²) in [4.78, 5) is 13.0. The highest BCUT2D eigenvalue weighted by molar-refractivity contribution is 7.89. The number of rotatable bonds is 9. The van der Waals surface area contributed by atoms with Crippen molar-refractivity contribution < 1.29 is 17.9 Å². The molecule has 1 atom stereocenters. The lowest BCUT2D eigenvalue weighted by atomic mass is 9.92. The Bertz CT molecular complexity index is 987. The molecule has 0 saturated carbocycles. The third-order valence-corrected chi connectivity index (χ3v) is 7.39. The molecule has 1 amide bonds. The number of amides is 1. The van der Waals surface area contributed by atoms with Gasteiger partial charge in [0.05, 0.1) is 17.0 Å². The van der Waals surface area contributed by atoms with E-state index in [-0.39, 0.29) is 23.3 Å². The molecule has 168 valence electrons. The average molecular weight is 445 g/mol. The Labute approximate surface area is 185 Å². The monoisotopic (exact) mass is 444 g/mol. The summed E-state index contributed by atoms with van der Waals surface area (Å²) in [7, 11) is -3.72. The van der Waals surface area contributed by atoms with Gasteiger partial charge in [0.1, 0.15) is 0 Å². The minimum Gasteiger partial charge on any atom is -0.379 e. The maximum atomic E-state index is 13.4. The third kappa shape index (κ3) is 5.93. The van der Waals surface area contributed by atoms with Crippen LogP contribution in [0.15, 0.2) is 53.4 Å². The highest BCUT2D eigenvalue weighted by Gasteiger charge is 2.37. The van der Waals surface area contributed by atoms with Crippen LogP contribution in [0.4, 0.5) is 0 Å². The summed E-state index contributed by atoms with van der Waals surface area (Å²) in [5, 5.41) is 2.91. The second-order valence-electron chi connectivity index (χ2n) is 8.22. The molecule has 2 aromatic rings. The van der Waals surface area contributed by atoms with Crippen molar-refractivity contribution in [1.82, 2.24) is 9.62 Å². The molecule has 3 rings (SSSR count). The number of hydrogen-bond acceptors (Lipinski definition) is 4. The van der Waals surface area contributed by atoms with E-state index >= 15 is 0 Å². The maximum Gasteiger partial charge on any atom is 0.243 e. The number of carbonyl (C=O) groups excluding carboxylic acids is 1. The smallest absolute Gasteiger partial charge is 0.243 e. The Morgan fingerprint density at radius 1 is 1.16 bits per heavy atom. The molecule has 31 heavy (non-hydrogen) atoms. The minimum absolute atomic E-state index is 0.0904. The summed E-state index contributed by atoms with van der Waals surface area (Å²) in [6.45, 7) is 7.31. The Kier molecular flexibility index (Phi) is 7.86. The number of aryl methyl sites for hydroxylation is 1. The van der Waals surface area contributed by atoms with E-state index in [4.69, 9.17) is 4.74 Å². The van der Waals surface area contributed by atoms with Crippen molar-refractivity contribution in [3.63, 3.8) is 0 Å². The molecule has 0 spiro atoms. The fraction of sp³-hybridized carbons (Fsp3) is 0.458. The molecule has 0 aromatic heterocycles. The van der Waals surface area contributed by atoms with E-state index in [0.717, 1.165) is 23.1 Å². The molecule has 1 aliphatic rings. The van der Waals surface area contributed by atoms with E-state index in [1.165, 1.54) is 4.31 Å². The van der Waals surface area contributed by atoms with Crippen LogP contribution in [-0.4, -0.2) is 44.4 Å². The van der Waals surface area contributed by atoms with Gasteiger partial charge < -0.3 is 10.1 Å². The first-order chi connectivity index (χ1) is 14.8. The number of nitrogens with zero attached hydrogens (tertiary/aromatic N) is 1. The zero-order chi connectivity index (χ0) is 22.4. The lowest BCUT2D eigenvalue weighted by molar-refractivity contribution is -0.122. The van der Waals surface area contributed by atoms with Crippen molar-refractivity contribution in [2.75, 3.05) is 19.7 Å². The van der Waals surface area contributed by atoms with E-state index in [0.29, 0.717) is 26.1 Å². The minimum atomic E-state index is -3.72. The predicted molar refractivity (Wildman–Crippen MR) is 121 cm³/mol. The molecule has 6 nitrogen and oxygen atoms in total. The maximum absolute atomic E-state index is 13.4. The van der Waals surface area contributed by atoms with Gasteiger partial charge in [-0.25, -0.2) is 8.42 Å². The lowest BCUT2D eigenvalue weighted by Gasteiger charge is -2.36. The van der Waals surface area contributed by atoms with Crippen LogP contribution in [0, 0.1) is 6.92 Å². The molecule has 0 aliphatic carbocycles. The standard InChI is InChI=1S/C24H32N2O4S/c1-18(2)30-16-6-14-25-24(27)17-23-22-8-5-4-7-20(22)13-15-26(23)31(28,29)21-11-9-19(3)10-12-21/h4-5,7-12,18,23H,6,13-17H2,1-3H3,(H,25,27). The molecule has 0 fully saturated rings. The van der Waals surface area contributed by atoms with Gasteiger partial charge in [-0.05, 0) is 56.9 Å². The zero-order valence-electron chi connectivity index (χ0n) is 18.5. The topological polar surface area (TPSA) is 75.7 Å². The highest BCUT2D eigenvalue weighted by atomic mass is 32.2. The summed E-state index contributed by atoms with van der Waals surface area (Å²) >= 11 is 0. The number of ether oxygens (including phenoxy) is 1. The largest absolute Gasteiger partial charge is 0.379 e. The van der Waals surface area contributed by atoms with Gasteiger partial charge in [-0.15, -0.1) is 0 Å². The normalized spacial score (nSPS) is 16.8. The number of sulfonamides is 1. The van der Waals surface area contributed by atoms with Gasteiger partial charge in [0, 0.05) is 26.1 Å². The Morgan fingerprint density at radius 3 is 2.58 bits per heavy atom. The quantitative estimate of drug-likeness (QED) is 0.600. The van der Waals surface area contributed by atoms with Crippen LogP contribution < -0.4 is 5.32 Å². The van der Waals surface area contributed by atoms with E-state index in [1.54, 1.807) is 24.3 Å². The van der Waals surface area contributed by atoms with Crippen LogP contribution in [0.3, 0.4) is 0 Å². The van der Waals surface area contributed by atoms with Crippen molar-refractivity contribution in [3.8, 4) is 0 Å². The number of nitrogens with one attached hydrogen (secondary N) is 1. The van der Waals surface area contributed by atoms with E-state index < -0.39 is 16.1 Å². The molecule has 1 aliphatic heterocycles. The molecule has 7 heteroatoms. The first-order valence-electron chi connectivity index (χ1n) is 10.8. The summed E-state index contributed by atoms with van der Waals surface area (Å²) in [5.41, 5.74) is 3.00. The number of fused-ring (bicyclic) bond motifs is 1. The summed E-state index contributed by atoms with van der Waals surface area (Å²) in [6.07, 6.45) is 1.60. The van der Waals surface area contributed by atoms with E-state index in [9.17, 15) is 13.2 Å². The van der Waals surface area contributed by atoms with Gasteiger partial charge in [0.2, 0.25) is 15.9 Å². The molecule has 1 heterocycles. The number of hydrogen-bond donors (Lipinski definition) is 1. The van der Waals surface area contributed by atoms with Gasteiger partial charge in [-0.3, -0.25) is 4.79 Å². The Balaban J connectivity index is 1.78. The van der Waals surface area contributed by atoms with Crippen molar-refractivity contribution in [3.05, 3.63) is 65.2 Å². The fourth-order valence-electron chi connectivity index (χ4n) is 3.84. The Morgan fingerprint density at radius 2 is 1.87 bits per heavy atom. The number of benzene rings is 2. The zero-order valence-corrected chi connectivity index (χ0v) is 19.3. The Hall–Kier alpha value is -2.22. The molecule has 1 unspecified atom stereocenters. The average Bonchev–Trinajstić information content (AvgIpc) is 2.73. The number of carbonyl (C=O) groups is 1. The second-order valence-corrected chi connectivity index (χ2v) is 10.1. The second kappa shape index (κ2) is 10.4. The van der Waals surface area contributed by atoms with Crippen LogP contribution in [0.2, 0.25) is 0 Å². The van der Waals surface area contributed by atoms with Gasteiger partial charge in [-0.1, -0.05) is 42.0 Å². The SMILES string of the molecule is Cc1ccc(S(=O)(=O)N2CCc3ccccc3C2CC(=O)NCCCOC(C)C)cc1. The first kappa shape index (κ1) is 23.4. The molecule has 0 saturated heterocycles. The molecular formula is C24H32N2O4S. The lowest BCUT2D eigenvalue weighted by Crippen LogP contribution is -2.42. The van der Waals surface area contributed by atoms with Gasteiger partial charge in [0.15, 0.2) is 0 Å². The molecular weight excluding hydrogens is 412 g/mol. The van der Waals surface area contributed by atoms with Crippen LogP contribution in [-0.2, 0) is 26.0 Å². The van der Waals surface area contributed by atoms with Crippen LogP contribution in [0.25, 0.3) is 0 Å². The van der Waals surface area contributed by atoms with Crippen molar-refractivity contribution in [2.24, 2.45) is 0 Å². The summed E-state index contributed by atoms with van der Waals surface area (Å²) in [5.74, 6) is -0.157. The van der Waals surface area contributed by atoms with Gasteiger partial charge in [0.25, 0.3) is 0 Å². The molecule has 0 bridgehead atoms. The van der Waals surface area contributed by atoms with Gasteiger partial charge in [-0.2, -0.15) is 4.31 Å². The van der Waals surface area contributed by atoms with Crippen molar-refractivity contribution in [2.45, 2.75) is 57.1 Å². The van der Waals surface area contributed by atoms with Crippen LogP contribution in [0.1, 0.15) is 49.4 Å². The van der Waals surface area contributed by atoms with Crippen LogP contribution >= 0.6 is 0 Å². The molecule has 0 radical (unpaired) electrons. The van der Waals surface area contributed by atoms with E-state index in [2.05, 4.69) is 5.32 Å². The third-order valence-electron chi connectivity index (χ3n) is 5.46.